The van der Waals surface area contributed by atoms with Gasteiger partial charge in [-0.25, -0.2) is 0 Å². The minimum atomic E-state index is 0.611. The fourth-order valence-electron chi connectivity index (χ4n) is 1.90. The summed E-state index contributed by atoms with van der Waals surface area (Å²) in [5.41, 5.74) is 2.29. The number of anilines is 1. The van der Waals surface area contributed by atoms with Gasteiger partial charge in [-0.2, -0.15) is 0 Å². The van der Waals surface area contributed by atoms with E-state index in [1.165, 1.54) is 5.56 Å². The maximum absolute atomic E-state index is 5.84. The zero-order valence-corrected chi connectivity index (χ0v) is 12.9. The lowest BCUT2D eigenvalue weighted by molar-refractivity contribution is 0.202. The molecule has 0 aromatic heterocycles. The fourth-order valence-corrected chi connectivity index (χ4v) is 2.03. The molecule has 4 heteroatoms. The lowest BCUT2D eigenvalue weighted by Gasteiger charge is -2.09. The van der Waals surface area contributed by atoms with Crippen molar-refractivity contribution < 1.29 is 9.47 Å². The van der Waals surface area contributed by atoms with E-state index in [0.717, 1.165) is 36.0 Å². The van der Waals surface area contributed by atoms with Crippen LogP contribution in [-0.4, -0.2) is 26.9 Å². The van der Waals surface area contributed by atoms with Gasteiger partial charge in [0.25, 0.3) is 0 Å². The van der Waals surface area contributed by atoms with Gasteiger partial charge in [-0.05, 0) is 48.4 Å². The van der Waals surface area contributed by atoms with Crippen LogP contribution in [-0.2, 0) is 11.2 Å². The van der Waals surface area contributed by atoms with Crippen molar-refractivity contribution in [3.05, 3.63) is 59.1 Å². The highest BCUT2D eigenvalue weighted by Gasteiger charge is 1.97. The molecule has 0 spiro atoms. The highest BCUT2D eigenvalue weighted by atomic mass is 35.5. The van der Waals surface area contributed by atoms with E-state index < -0.39 is 0 Å². The van der Waals surface area contributed by atoms with Crippen molar-refractivity contribution in [1.29, 1.82) is 0 Å². The average Bonchev–Trinajstić information content (AvgIpc) is 2.52. The standard InChI is InChI=1S/C17H20ClNO2/c1-20-12-10-14-2-8-17(9-3-14)21-13-11-19-16-6-4-15(18)5-7-16/h2-9,19H,10-13H2,1H3. The average molecular weight is 306 g/mol. The summed E-state index contributed by atoms with van der Waals surface area (Å²) in [5, 5.41) is 4.02. The number of benzene rings is 2. The molecule has 0 unspecified atom stereocenters. The first-order chi connectivity index (χ1) is 10.3. The van der Waals surface area contributed by atoms with Crippen LogP contribution in [0.2, 0.25) is 5.02 Å². The first-order valence-corrected chi connectivity index (χ1v) is 7.36. The summed E-state index contributed by atoms with van der Waals surface area (Å²) < 4.78 is 10.7. The quantitative estimate of drug-likeness (QED) is 0.747. The molecule has 2 rings (SSSR count). The number of methoxy groups -OCH3 is 1. The number of hydrogen-bond donors (Lipinski definition) is 1. The molecule has 0 radical (unpaired) electrons. The van der Waals surface area contributed by atoms with E-state index in [9.17, 15) is 0 Å². The largest absolute Gasteiger partial charge is 0.492 e. The molecule has 0 saturated heterocycles. The van der Waals surface area contributed by atoms with Crippen LogP contribution in [0.1, 0.15) is 5.56 Å². The van der Waals surface area contributed by atoms with Gasteiger partial charge in [-0.1, -0.05) is 23.7 Å². The number of rotatable bonds is 8. The Morgan fingerprint density at radius 2 is 1.67 bits per heavy atom. The van der Waals surface area contributed by atoms with Crippen LogP contribution in [0.25, 0.3) is 0 Å². The predicted molar refractivity (Wildman–Crippen MR) is 87.5 cm³/mol. The zero-order chi connectivity index (χ0) is 14.9. The van der Waals surface area contributed by atoms with Gasteiger partial charge < -0.3 is 14.8 Å². The van der Waals surface area contributed by atoms with Crippen LogP contribution in [0.15, 0.2) is 48.5 Å². The van der Waals surface area contributed by atoms with Crippen LogP contribution in [0, 0.1) is 0 Å². The molecule has 1 N–H and O–H groups in total. The molecule has 0 amide bonds. The molecule has 0 saturated carbocycles. The lowest BCUT2D eigenvalue weighted by Crippen LogP contribution is -2.11. The van der Waals surface area contributed by atoms with Gasteiger partial charge in [0.1, 0.15) is 12.4 Å². The fraction of sp³-hybridized carbons (Fsp3) is 0.294. The van der Waals surface area contributed by atoms with Crippen LogP contribution in [0.5, 0.6) is 5.75 Å². The number of nitrogens with one attached hydrogen (secondary N) is 1. The molecule has 21 heavy (non-hydrogen) atoms. The molecular formula is C17H20ClNO2. The first-order valence-electron chi connectivity index (χ1n) is 6.98. The van der Waals surface area contributed by atoms with E-state index >= 15 is 0 Å². The summed E-state index contributed by atoms with van der Waals surface area (Å²) in [6.45, 7) is 2.10. The lowest BCUT2D eigenvalue weighted by atomic mass is 10.1. The van der Waals surface area contributed by atoms with Gasteiger partial charge in [0, 0.05) is 24.4 Å². The van der Waals surface area contributed by atoms with Crippen molar-refractivity contribution in [3.8, 4) is 5.75 Å². The Morgan fingerprint density at radius 3 is 2.33 bits per heavy atom. The van der Waals surface area contributed by atoms with Gasteiger partial charge >= 0.3 is 0 Å². The van der Waals surface area contributed by atoms with Crippen molar-refractivity contribution in [1.82, 2.24) is 0 Å². The molecule has 112 valence electrons. The van der Waals surface area contributed by atoms with E-state index in [1.54, 1.807) is 7.11 Å². The highest BCUT2D eigenvalue weighted by Crippen LogP contribution is 2.14. The second kappa shape index (κ2) is 8.55. The zero-order valence-electron chi connectivity index (χ0n) is 12.1. The van der Waals surface area contributed by atoms with E-state index in [4.69, 9.17) is 21.1 Å². The summed E-state index contributed by atoms with van der Waals surface area (Å²) in [7, 11) is 1.71. The molecule has 2 aromatic rings. The molecule has 0 heterocycles. The van der Waals surface area contributed by atoms with Crippen molar-refractivity contribution in [2.75, 3.05) is 32.2 Å². The smallest absolute Gasteiger partial charge is 0.119 e. The molecule has 0 bridgehead atoms. The van der Waals surface area contributed by atoms with E-state index in [2.05, 4.69) is 17.4 Å². The third kappa shape index (κ3) is 5.66. The second-order valence-corrected chi connectivity index (χ2v) is 5.11. The maximum Gasteiger partial charge on any atom is 0.119 e. The van der Waals surface area contributed by atoms with Gasteiger partial charge in [-0.15, -0.1) is 0 Å². The van der Waals surface area contributed by atoms with E-state index in [-0.39, 0.29) is 0 Å². The summed E-state index contributed by atoms with van der Waals surface area (Å²) in [6, 6.07) is 15.8. The summed E-state index contributed by atoms with van der Waals surface area (Å²) in [4.78, 5) is 0. The van der Waals surface area contributed by atoms with Gasteiger partial charge in [0.2, 0.25) is 0 Å². The third-order valence-electron chi connectivity index (χ3n) is 3.06. The molecule has 0 aliphatic rings. The minimum absolute atomic E-state index is 0.611. The third-order valence-corrected chi connectivity index (χ3v) is 3.31. The normalized spacial score (nSPS) is 10.4. The van der Waals surface area contributed by atoms with Crippen LogP contribution < -0.4 is 10.1 Å². The molecular weight excluding hydrogens is 286 g/mol. The molecule has 0 aliphatic heterocycles. The van der Waals surface area contributed by atoms with E-state index in [0.29, 0.717) is 6.61 Å². The maximum atomic E-state index is 5.84. The van der Waals surface area contributed by atoms with Crippen molar-refractivity contribution in [2.45, 2.75) is 6.42 Å². The topological polar surface area (TPSA) is 30.5 Å². The number of ether oxygens (including phenoxy) is 2. The first kappa shape index (κ1) is 15.7. The Morgan fingerprint density at radius 1 is 0.952 bits per heavy atom. The molecule has 0 atom stereocenters. The van der Waals surface area contributed by atoms with E-state index in [1.807, 2.05) is 36.4 Å². The summed E-state index contributed by atoms with van der Waals surface area (Å²) >= 11 is 5.84. The molecule has 3 nitrogen and oxygen atoms in total. The van der Waals surface area contributed by atoms with Crippen LogP contribution in [0.4, 0.5) is 5.69 Å². The number of hydrogen-bond acceptors (Lipinski definition) is 3. The van der Waals surface area contributed by atoms with Gasteiger partial charge in [0.05, 0.1) is 6.61 Å². The van der Waals surface area contributed by atoms with Crippen LogP contribution in [0.3, 0.4) is 0 Å². The molecule has 0 fully saturated rings. The Kier molecular flexibility index (Phi) is 6.38. The highest BCUT2D eigenvalue weighted by molar-refractivity contribution is 6.30. The molecule has 2 aromatic carbocycles. The SMILES string of the molecule is COCCc1ccc(OCCNc2ccc(Cl)cc2)cc1. The monoisotopic (exact) mass is 305 g/mol. The Hall–Kier alpha value is -1.71. The van der Waals surface area contributed by atoms with Crippen molar-refractivity contribution in [2.24, 2.45) is 0 Å². The van der Waals surface area contributed by atoms with Crippen molar-refractivity contribution in [3.63, 3.8) is 0 Å². The second-order valence-electron chi connectivity index (χ2n) is 4.67. The Balaban J connectivity index is 1.69. The number of halogens is 1. The van der Waals surface area contributed by atoms with Crippen LogP contribution >= 0.6 is 11.6 Å². The predicted octanol–water partition coefficient (Wildman–Crippen LogP) is 4.02. The Labute approximate surface area is 130 Å². The van der Waals surface area contributed by atoms with Crippen molar-refractivity contribution >= 4 is 17.3 Å². The summed E-state index contributed by atoms with van der Waals surface area (Å²) in [6.07, 6.45) is 0.925. The van der Waals surface area contributed by atoms with Gasteiger partial charge in [0.15, 0.2) is 0 Å². The Bertz CT molecular complexity index is 525. The summed E-state index contributed by atoms with van der Waals surface area (Å²) in [5.74, 6) is 0.883. The van der Waals surface area contributed by atoms with Gasteiger partial charge in [-0.3, -0.25) is 0 Å². The molecule has 0 aliphatic carbocycles. The minimum Gasteiger partial charge on any atom is -0.492 e.